The Morgan fingerprint density at radius 1 is 1.22 bits per heavy atom. The summed E-state index contributed by atoms with van der Waals surface area (Å²) in [5, 5.41) is 8.67. The van der Waals surface area contributed by atoms with Crippen LogP contribution in [0.2, 0.25) is 0 Å². The van der Waals surface area contributed by atoms with Crippen molar-refractivity contribution in [2.75, 3.05) is 17.1 Å². The first-order valence-corrected chi connectivity index (χ1v) is 7.31. The first-order chi connectivity index (χ1) is 8.41. The van der Waals surface area contributed by atoms with Crippen molar-refractivity contribution in [1.82, 2.24) is 10.2 Å². The number of hydrogen-bond donors (Lipinski definition) is 1. The molecule has 0 aliphatic rings. The van der Waals surface area contributed by atoms with E-state index in [4.69, 9.17) is 5.73 Å². The SMILES string of the molecule is Cc1nnc(N(C)S(=O)(=O)c2ccc(N)cc2)s1. The molecular formula is C10H12N4O2S2. The highest BCUT2D eigenvalue weighted by Crippen LogP contribution is 2.25. The standard InChI is InChI=1S/C10H12N4O2S2/c1-7-12-13-10(17-7)14(2)18(15,16)9-5-3-8(11)4-6-9/h3-6H,11H2,1-2H3. The molecule has 1 aromatic heterocycles. The van der Waals surface area contributed by atoms with Crippen LogP contribution in [0.3, 0.4) is 0 Å². The zero-order valence-electron chi connectivity index (χ0n) is 9.86. The highest BCUT2D eigenvalue weighted by molar-refractivity contribution is 7.93. The van der Waals surface area contributed by atoms with Crippen molar-refractivity contribution in [3.8, 4) is 0 Å². The van der Waals surface area contributed by atoms with Crippen molar-refractivity contribution < 1.29 is 8.42 Å². The third kappa shape index (κ3) is 2.29. The number of anilines is 2. The number of nitrogens with zero attached hydrogens (tertiary/aromatic N) is 3. The lowest BCUT2D eigenvalue weighted by Gasteiger charge is -2.15. The van der Waals surface area contributed by atoms with Crippen LogP contribution in [0.1, 0.15) is 5.01 Å². The lowest BCUT2D eigenvalue weighted by Crippen LogP contribution is -2.26. The van der Waals surface area contributed by atoms with E-state index in [-0.39, 0.29) is 4.90 Å². The minimum absolute atomic E-state index is 0.173. The summed E-state index contributed by atoms with van der Waals surface area (Å²) < 4.78 is 25.7. The molecule has 0 aliphatic heterocycles. The molecule has 1 heterocycles. The summed E-state index contributed by atoms with van der Waals surface area (Å²) in [5.74, 6) is 0. The van der Waals surface area contributed by atoms with Gasteiger partial charge in [-0.2, -0.15) is 0 Å². The van der Waals surface area contributed by atoms with Crippen LogP contribution in [-0.4, -0.2) is 25.7 Å². The molecule has 0 atom stereocenters. The molecule has 0 spiro atoms. The van der Waals surface area contributed by atoms with Crippen molar-refractivity contribution in [3.63, 3.8) is 0 Å². The van der Waals surface area contributed by atoms with Crippen LogP contribution in [-0.2, 0) is 10.0 Å². The molecule has 96 valence electrons. The lowest BCUT2D eigenvalue weighted by atomic mass is 10.3. The predicted molar refractivity (Wildman–Crippen MR) is 71.1 cm³/mol. The largest absolute Gasteiger partial charge is 0.399 e. The number of nitrogens with two attached hydrogens (primary N) is 1. The van der Waals surface area contributed by atoms with E-state index in [0.29, 0.717) is 15.8 Å². The van der Waals surface area contributed by atoms with E-state index in [1.165, 1.54) is 30.5 Å². The van der Waals surface area contributed by atoms with Gasteiger partial charge in [0.15, 0.2) is 0 Å². The zero-order valence-corrected chi connectivity index (χ0v) is 11.5. The molecule has 0 bridgehead atoms. The Morgan fingerprint density at radius 3 is 2.33 bits per heavy atom. The van der Waals surface area contributed by atoms with Gasteiger partial charge in [0.1, 0.15) is 5.01 Å². The Hall–Kier alpha value is -1.67. The van der Waals surface area contributed by atoms with Gasteiger partial charge in [0, 0.05) is 12.7 Å². The number of nitrogen functional groups attached to an aromatic ring is 1. The number of aromatic nitrogens is 2. The summed E-state index contributed by atoms with van der Waals surface area (Å²) in [4.78, 5) is 0.173. The zero-order chi connectivity index (χ0) is 13.3. The van der Waals surface area contributed by atoms with Crippen molar-refractivity contribution in [3.05, 3.63) is 29.3 Å². The van der Waals surface area contributed by atoms with Crippen LogP contribution in [0.15, 0.2) is 29.2 Å². The van der Waals surface area contributed by atoms with Gasteiger partial charge in [-0.15, -0.1) is 10.2 Å². The van der Waals surface area contributed by atoms with Crippen LogP contribution in [0.25, 0.3) is 0 Å². The molecule has 0 aliphatic carbocycles. The fourth-order valence-electron chi connectivity index (χ4n) is 1.31. The molecule has 1 aromatic carbocycles. The molecule has 18 heavy (non-hydrogen) atoms. The van der Waals surface area contributed by atoms with E-state index in [1.807, 2.05) is 0 Å². The fourth-order valence-corrected chi connectivity index (χ4v) is 3.31. The minimum atomic E-state index is -3.61. The van der Waals surface area contributed by atoms with Crippen molar-refractivity contribution in [2.24, 2.45) is 0 Å². The second-order valence-electron chi connectivity index (χ2n) is 3.65. The molecule has 8 heteroatoms. The van der Waals surface area contributed by atoms with Crippen LogP contribution < -0.4 is 10.0 Å². The van der Waals surface area contributed by atoms with E-state index in [1.54, 1.807) is 19.1 Å². The molecule has 0 fully saturated rings. The Balaban J connectivity index is 2.39. The van der Waals surface area contributed by atoms with Crippen molar-refractivity contribution in [2.45, 2.75) is 11.8 Å². The second-order valence-corrected chi connectivity index (χ2v) is 6.77. The number of benzene rings is 1. The predicted octanol–water partition coefficient (Wildman–Crippen LogP) is 1.25. The Morgan fingerprint density at radius 2 is 1.83 bits per heavy atom. The molecule has 0 unspecified atom stereocenters. The summed E-state index contributed by atoms with van der Waals surface area (Å²) in [6.07, 6.45) is 0. The fraction of sp³-hybridized carbons (Fsp3) is 0.200. The van der Waals surface area contributed by atoms with Gasteiger partial charge >= 0.3 is 0 Å². The van der Waals surface area contributed by atoms with E-state index in [2.05, 4.69) is 10.2 Å². The normalized spacial score (nSPS) is 11.4. The van der Waals surface area contributed by atoms with Gasteiger partial charge < -0.3 is 5.73 Å². The van der Waals surface area contributed by atoms with Gasteiger partial charge in [-0.25, -0.2) is 12.7 Å². The van der Waals surface area contributed by atoms with Crippen LogP contribution in [0.5, 0.6) is 0 Å². The van der Waals surface area contributed by atoms with Gasteiger partial charge in [0.2, 0.25) is 5.13 Å². The molecular weight excluding hydrogens is 272 g/mol. The van der Waals surface area contributed by atoms with Gasteiger partial charge in [0.05, 0.1) is 4.90 Å². The maximum Gasteiger partial charge on any atom is 0.265 e. The van der Waals surface area contributed by atoms with E-state index in [9.17, 15) is 8.42 Å². The Bertz CT molecular complexity index is 649. The van der Waals surface area contributed by atoms with Crippen LogP contribution >= 0.6 is 11.3 Å². The minimum Gasteiger partial charge on any atom is -0.399 e. The molecule has 2 N–H and O–H groups in total. The summed E-state index contributed by atoms with van der Waals surface area (Å²) in [7, 11) is -2.16. The molecule has 2 aromatic rings. The Kier molecular flexibility index (Phi) is 3.22. The topological polar surface area (TPSA) is 89.2 Å². The molecule has 2 rings (SSSR count). The van der Waals surface area contributed by atoms with Crippen LogP contribution in [0.4, 0.5) is 10.8 Å². The van der Waals surface area contributed by atoms with Gasteiger partial charge in [-0.3, -0.25) is 0 Å². The van der Waals surface area contributed by atoms with Crippen molar-refractivity contribution >= 4 is 32.2 Å². The highest BCUT2D eigenvalue weighted by atomic mass is 32.2. The number of hydrogen-bond acceptors (Lipinski definition) is 6. The molecule has 0 amide bonds. The summed E-state index contributed by atoms with van der Waals surface area (Å²) in [6, 6.07) is 6.03. The second kappa shape index (κ2) is 4.54. The van der Waals surface area contributed by atoms with Crippen molar-refractivity contribution in [1.29, 1.82) is 0 Å². The maximum atomic E-state index is 12.3. The van der Waals surface area contributed by atoms with Gasteiger partial charge in [0.25, 0.3) is 10.0 Å². The molecule has 0 saturated heterocycles. The average molecular weight is 284 g/mol. The number of aryl methyl sites for hydroxylation is 1. The smallest absolute Gasteiger partial charge is 0.265 e. The Labute approximate surface area is 109 Å². The number of sulfonamides is 1. The van der Waals surface area contributed by atoms with E-state index < -0.39 is 10.0 Å². The quantitative estimate of drug-likeness (QED) is 0.857. The van der Waals surface area contributed by atoms with E-state index >= 15 is 0 Å². The third-order valence-electron chi connectivity index (χ3n) is 2.32. The maximum absolute atomic E-state index is 12.3. The summed E-state index contributed by atoms with van der Waals surface area (Å²) in [6.45, 7) is 1.77. The van der Waals surface area contributed by atoms with E-state index in [0.717, 1.165) is 4.31 Å². The number of rotatable bonds is 3. The third-order valence-corrected chi connectivity index (χ3v) is 5.12. The monoisotopic (exact) mass is 284 g/mol. The first-order valence-electron chi connectivity index (χ1n) is 5.06. The highest BCUT2D eigenvalue weighted by Gasteiger charge is 2.23. The summed E-state index contributed by atoms with van der Waals surface area (Å²) in [5.41, 5.74) is 6.05. The first kappa shape index (κ1) is 12.8. The molecule has 0 radical (unpaired) electrons. The molecule has 0 saturated carbocycles. The van der Waals surface area contributed by atoms with Gasteiger partial charge in [-0.05, 0) is 31.2 Å². The average Bonchev–Trinajstić information content (AvgIpc) is 2.75. The molecule has 6 nitrogen and oxygen atoms in total. The summed E-state index contributed by atoms with van der Waals surface area (Å²) >= 11 is 1.22. The van der Waals surface area contributed by atoms with Gasteiger partial charge in [-0.1, -0.05) is 11.3 Å². The lowest BCUT2D eigenvalue weighted by molar-refractivity contribution is 0.594. The van der Waals surface area contributed by atoms with Crippen LogP contribution in [0, 0.1) is 6.92 Å².